The van der Waals surface area contributed by atoms with Crippen molar-refractivity contribution in [3.05, 3.63) is 51.6 Å². The molecule has 5 heterocycles. The molecule has 4 bridgehead atoms. The number of ketones is 1. The van der Waals surface area contributed by atoms with Crippen molar-refractivity contribution in [2.24, 2.45) is 39.4 Å². The molecule has 9 N–H and O–H groups in total. The number of hydrogen-bond acceptors (Lipinski definition) is 14. The van der Waals surface area contributed by atoms with E-state index in [1.165, 1.54) is 82.4 Å². The number of carbonyl (C=O) groups is 2. The number of phenolic OH excluding ortho intramolecular Hbond substituents is 2. The number of hydrazine groups is 1. The number of ether oxygens (including phenoxy) is 4. The minimum absolute atomic E-state index is 0.0137. The van der Waals surface area contributed by atoms with Crippen LogP contribution < -0.4 is 15.6 Å². The van der Waals surface area contributed by atoms with Gasteiger partial charge >= 0.3 is 5.97 Å². The third kappa shape index (κ3) is 5.77. The molecule has 69 heavy (non-hydrogen) atoms. The fourth-order valence-corrected chi connectivity index (χ4v) is 19.0. The van der Waals surface area contributed by atoms with Crippen molar-refractivity contribution in [3.63, 3.8) is 0 Å². The highest BCUT2D eigenvalue weighted by molar-refractivity contribution is 6.11. The van der Waals surface area contributed by atoms with Crippen LogP contribution in [0.4, 0.5) is 0 Å². The maximum Gasteiger partial charge on any atom is 0.335 e. The van der Waals surface area contributed by atoms with Gasteiger partial charge < -0.3 is 54.7 Å². The van der Waals surface area contributed by atoms with Gasteiger partial charge in [0.25, 0.3) is 0 Å². The summed E-state index contributed by atoms with van der Waals surface area (Å²) >= 11 is 0. The Labute approximate surface area is 401 Å². The number of carbonyl (C=O) groups excluding carboxylic acids is 1. The number of hydrogen-bond donors (Lipinski definition) is 9. The molecule has 4 saturated heterocycles. The summed E-state index contributed by atoms with van der Waals surface area (Å²) in [5.74, 6) is -3.10. The lowest BCUT2D eigenvalue weighted by Crippen LogP contribution is -2.81. The second-order valence-corrected chi connectivity index (χ2v) is 24.0. The van der Waals surface area contributed by atoms with Crippen LogP contribution in [-0.2, 0) is 14.2 Å². The molecule has 2 aromatic rings. The van der Waals surface area contributed by atoms with Crippen LogP contribution in [-0.4, -0.2) is 121 Å². The molecular formula is C54H68N2O13. The number of aliphatic hydroxyl groups excluding tert-OH is 4. The molecule has 0 aromatic heterocycles. The van der Waals surface area contributed by atoms with Crippen LogP contribution >= 0.6 is 0 Å². The predicted octanol–water partition coefficient (Wildman–Crippen LogP) is 5.77. The molecule has 2 aromatic carbocycles. The van der Waals surface area contributed by atoms with E-state index in [0.717, 1.165) is 37.3 Å². The summed E-state index contributed by atoms with van der Waals surface area (Å²) in [6.45, 7) is 3.96. The molecule has 15 nitrogen and oxygen atoms in total. The molecule has 0 unspecified atom stereocenters. The molecule has 372 valence electrons. The number of aromatic carboxylic acids is 1. The molecule has 6 aliphatic carbocycles. The number of carboxylic acid groups (broad SMARTS) is 1. The molecule has 15 atom stereocenters. The van der Waals surface area contributed by atoms with Crippen molar-refractivity contribution in [1.29, 1.82) is 0 Å². The normalized spacial score (nSPS) is 44.3. The van der Waals surface area contributed by atoms with Gasteiger partial charge in [-0.1, -0.05) is 25.3 Å². The summed E-state index contributed by atoms with van der Waals surface area (Å²) in [5.41, 5.74) is 9.57. The van der Waals surface area contributed by atoms with Gasteiger partial charge in [-0.05, 0) is 161 Å². The summed E-state index contributed by atoms with van der Waals surface area (Å²) in [4.78, 5) is 25.3. The topological polar surface area (TPSA) is 237 Å². The van der Waals surface area contributed by atoms with Crippen LogP contribution in [0.2, 0.25) is 0 Å². The smallest absolute Gasteiger partial charge is 0.335 e. The summed E-state index contributed by atoms with van der Waals surface area (Å²) < 4.78 is 27.3. The average Bonchev–Trinajstić information content (AvgIpc) is 4.10. The zero-order valence-corrected chi connectivity index (χ0v) is 39.7. The fraction of sp³-hybridized carbons (Fsp3) is 0.704. The van der Waals surface area contributed by atoms with Gasteiger partial charge in [-0.3, -0.25) is 15.6 Å². The number of Topliss-reactive ketones (excluding diaryl/α,β-unsaturated/α-hetero) is 1. The first kappa shape index (κ1) is 45.2. The molecule has 5 saturated carbocycles. The Kier molecular flexibility index (Phi) is 9.97. The number of carboxylic acids is 1. The molecule has 11 aliphatic rings. The number of fused-ring (bicyclic) bond motifs is 5. The molecule has 5 aliphatic heterocycles. The Bertz CT molecular complexity index is 2620. The summed E-state index contributed by atoms with van der Waals surface area (Å²) in [6.07, 6.45) is 10.7. The molecule has 5 spiro atoms. The van der Waals surface area contributed by atoms with Crippen LogP contribution in [0.3, 0.4) is 0 Å². The third-order valence-corrected chi connectivity index (χ3v) is 21.2. The summed E-state index contributed by atoms with van der Waals surface area (Å²) in [6, 6.07) is 2.58. The number of aromatic hydroxyl groups is 2. The second-order valence-electron chi connectivity index (χ2n) is 24.0. The monoisotopic (exact) mass is 952 g/mol. The molecule has 15 heteroatoms. The Morgan fingerprint density at radius 3 is 2.51 bits per heavy atom. The van der Waals surface area contributed by atoms with Crippen molar-refractivity contribution in [3.8, 4) is 17.2 Å². The highest BCUT2D eigenvalue weighted by Crippen LogP contribution is 2.78. The number of allylic oxidation sites excluding steroid dienone is 1. The van der Waals surface area contributed by atoms with Gasteiger partial charge in [-0.2, -0.15) is 0 Å². The lowest BCUT2D eigenvalue weighted by atomic mass is 9.38. The van der Waals surface area contributed by atoms with E-state index in [9.17, 15) is 45.3 Å². The van der Waals surface area contributed by atoms with Crippen LogP contribution in [0.15, 0.2) is 34.9 Å². The minimum Gasteiger partial charge on any atom is -0.507 e. The lowest BCUT2D eigenvalue weighted by Gasteiger charge is -2.72. The van der Waals surface area contributed by atoms with E-state index in [1.54, 1.807) is 0 Å². The van der Waals surface area contributed by atoms with E-state index in [-0.39, 0.29) is 92.7 Å². The number of benzene rings is 2. The fourth-order valence-electron chi connectivity index (χ4n) is 19.0. The predicted molar refractivity (Wildman–Crippen MR) is 248 cm³/mol. The van der Waals surface area contributed by atoms with Crippen LogP contribution in [0.5, 0.6) is 17.2 Å². The van der Waals surface area contributed by atoms with Crippen molar-refractivity contribution in [2.75, 3.05) is 19.8 Å². The van der Waals surface area contributed by atoms with Crippen molar-refractivity contribution < 1.29 is 64.3 Å². The van der Waals surface area contributed by atoms with E-state index < -0.39 is 71.2 Å². The van der Waals surface area contributed by atoms with Gasteiger partial charge in [0.15, 0.2) is 5.78 Å². The van der Waals surface area contributed by atoms with E-state index in [4.69, 9.17) is 18.9 Å². The summed E-state index contributed by atoms with van der Waals surface area (Å²) in [7, 11) is 0. The molecule has 0 radical (unpaired) electrons. The van der Waals surface area contributed by atoms with Crippen LogP contribution in [0.25, 0.3) is 10.8 Å². The maximum atomic E-state index is 13.0. The zero-order valence-electron chi connectivity index (χ0n) is 39.7. The molecule has 9 fully saturated rings. The highest BCUT2D eigenvalue weighted by Gasteiger charge is 2.77. The zero-order chi connectivity index (χ0) is 47.8. The van der Waals surface area contributed by atoms with Crippen LogP contribution in [0.1, 0.15) is 142 Å². The van der Waals surface area contributed by atoms with E-state index in [2.05, 4.69) is 16.9 Å². The van der Waals surface area contributed by atoms with E-state index in [0.29, 0.717) is 37.9 Å². The number of rotatable bonds is 7. The largest absolute Gasteiger partial charge is 0.507 e. The number of phenols is 2. The first-order valence-electron chi connectivity index (χ1n) is 26.0. The van der Waals surface area contributed by atoms with Crippen LogP contribution in [0, 0.1) is 46.3 Å². The Morgan fingerprint density at radius 1 is 0.957 bits per heavy atom. The standard InChI is InChI=1S/C54H68N2O13/c1-26-38(27(2)58)42(61)40-31(41(26)60)17-28(47(64)65)18-36(40)67-48-43(62)45(63)54-20-33-39-30(35(69-54)10-9-34(59)46(54)68-48)7-8-32(39)52(15-6-16-57)25-66-22-29-19-49-23-51(14-5-13-50(51)11-3-4-12-50)21-37(49)55-56-53(33,24-49)44(29)52/h8,17-18,29,33-35,37,43-46,48,55-57,59-63H,3-7,9-16,19-25H2,1-2H3,(H,64,65)/t29-,33+,34-,35+,37-,43+,44+,45+,46+,48+,49-,51-,52-,53-,54-/m0/s1. The Balaban J connectivity index is 0.933. The first-order chi connectivity index (χ1) is 33.1. The summed E-state index contributed by atoms with van der Waals surface area (Å²) in [5, 5.41) is 81.2. The average molecular weight is 953 g/mol. The third-order valence-electron chi connectivity index (χ3n) is 21.2. The van der Waals surface area contributed by atoms with Gasteiger partial charge in [0, 0.05) is 47.1 Å². The minimum atomic E-state index is -1.81. The Morgan fingerprint density at radius 2 is 1.74 bits per heavy atom. The van der Waals surface area contributed by atoms with E-state index in [1.807, 2.05) is 0 Å². The van der Waals surface area contributed by atoms with Gasteiger partial charge in [-0.15, -0.1) is 0 Å². The van der Waals surface area contributed by atoms with Crippen molar-refractivity contribution >= 4 is 22.5 Å². The van der Waals surface area contributed by atoms with E-state index >= 15 is 0 Å². The first-order valence-corrected chi connectivity index (χ1v) is 26.0. The quantitative estimate of drug-likeness (QED) is 0.118. The van der Waals surface area contributed by atoms with Gasteiger partial charge in [0.1, 0.15) is 41.2 Å². The number of aliphatic hydroxyl groups is 4. The Hall–Kier alpha value is -3.64. The van der Waals surface area contributed by atoms with Crippen molar-refractivity contribution in [1.82, 2.24) is 10.9 Å². The maximum absolute atomic E-state index is 13.0. The van der Waals surface area contributed by atoms with Gasteiger partial charge in [0.05, 0.1) is 35.3 Å². The highest BCUT2D eigenvalue weighted by atomic mass is 16.7. The van der Waals surface area contributed by atoms with Crippen molar-refractivity contribution in [2.45, 2.75) is 177 Å². The molecular weight excluding hydrogens is 885 g/mol. The lowest BCUT2D eigenvalue weighted by molar-refractivity contribution is -0.337. The van der Waals surface area contributed by atoms with Gasteiger partial charge in [-0.25, -0.2) is 4.79 Å². The van der Waals surface area contributed by atoms with Gasteiger partial charge in [0.2, 0.25) is 6.29 Å². The SMILES string of the molecule is CC(=O)c1c(C)c(O)c2cc(C(=O)O)cc(O[C@@H]3O[C@@H]4[C@@H](O)CC[C@H]5O[C@@]4(C[C@@H]4C6=C5CC=C6[C@]5(CCCO)COC[C@@H]6C[C@]78C[C@@]4(NN[C@H]7C[C@@]4(CCCC47CCCC7)C8)[C@H]65)[C@H](O)[C@H]3O)c2c1O. The second kappa shape index (κ2) is 15.2. The molecule has 13 rings (SSSR count). The number of nitrogens with one attached hydrogen (secondary N) is 2. The molecule has 0 amide bonds.